The standard InChI is InChI=1S/C26H26N4O3S/c1-19(33-23-16-14-22(32-3)15-17-23)25-27-28-26(30(25)21-12-8-5-9-13-21)34-18-24(31)29(2)20-10-6-4-7-11-20/h4-17,19H,18H2,1-3H3. The molecule has 0 aliphatic carbocycles. The molecule has 0 N–H and O–H groups in total. The van der Waals surface area contributed by atoms with Gasteiger partial charge in [-0.25, -0.2) is 0 Å². The molecule has 0 aliphatic rings. The van der Waals surface area contributed by atoms with E-state index in [1.807, 2.05) is 96.4 Å². The predicted molar refractivity (Wildman–Crippen MR) is 134 cm³/mol. The molecule has 174 valence electrons. The van der Waals surface area contributed by atoms with E-state index in [-0.39, 0.29) is 17.8 Å². The Kier molecular flexibility index (Phi) is 7.49. The molecular weight excluding hydrogens is 448 g/mol. The number of carbonyl (C=O) groups is 1. The van der Waals surface area contributed by atoms with E-state index in [0.717, 1.165) is 17.1 Å². The zero-order valence-corrected chi connectivity index (χ0v) is 20.1. The van der Waals surface area contributed by atoms with Gasteiger partial charge in [0.2, 0.25) is 5.91 Å². The Bertz CT molecular complexity index is 1210. The van der Waals surface area contributed by atoms with Crippen LogP contribution in [0.25, 0.3) is 5.69 Å². The van der Waals surface area contributed by atoms with Gasteiger partial charge in [0, 0.05) is 18.4 Å². The molecule has 0 aliphatic heterocycles. The van der Waals surface area contributed by atoms with Crippen LogP contribution in [0.3, 0.4) is 0 Å². The molecule has 1 heterocycles. The molecule has 1 unspecified atom stereocenters. The van der Waals surface area contributed by atoms with Crippen LogP contribution in [0.1, 0.15) is 18.9 Å². The van der Waals surface area contributed by atoms with Gasteiger partial charge >= 0.3 is 0 Å². The lowest BCUT2D eigenvalue weighted by Gasteiger charge is -2.18. The number of anilines is 1. The molecule has 1 aromatic heterocycles. The summed E-state index contributed by atoms with van der Waals surface area (Å²) in [7, 11) is 3.40. The monoisotopic (exact) mass is 474 g/mol. The van der Waals surface area contributed by atoms with Crippen molar-refractivity contribution in [3.63, 3.8) is 0 Å². The van der Waals surface area contributed by atoms with Crippen LogP contribution >= 0.6 is 11.8 Å². The maximum absolute atomic E-state index is 12.8. The largest absolute Gasteiger partial charge is 0.497 e. The molecule has 0 saturated carbocycles. The quantitative estimate of drug-likeness (QED) is 0.312. The van der Waals surface area contributed by atoms with Crippen LogP contribution in [-0.4, -0.2) is 40.6 Å². The third kappa shape index (κ3) is 5.40. The Hall–Kier alpha value is -3.78. The van der Waals surface area contributed by atoms with E-state index in [4.69, 9.17) is 9.47 Å². The van der Waals surface area contributed by atoms with Crippen LogP contribution in [0.5, 0.6) is 11.5 Å². The highest BCUT2D eigenvalue weighted by atomic mass is 32.2. The number of carbonyl (C=O) groups excluding carboxylic acids is 1. The SMILES string of the molecule is COc1ccc(OC(C)c2nnc(SCC(=O)N(C)c3ccccc3)n2-c2ccccc2)cc1. The number of thioether (sulfide) groups is 1. The number of hydrogen-bond acceptors (Lipinski definition) is 6. The van der Waals surface area contributed by atoms with Crippen LogP contribution in [0.15, 0.2) is 90.1 Å². The van der Waals surface area contributed by atoms with Crippen LogP contribution < -0.4 is 14.4 Å². The minimum absolute atomic E-state index is 0.0251. The minimum Gasteiger partial charge on any atom is -0.497 e. The van der Waals surface area contributed by atoms with E-state index in [1.54, 1.807) is 19.1 Å². The molecule has 7 nitrogen and oxygen atoms in total. The number of para-hydroxylation sites is 2. The molecule has 4 rings (SSSR count). The molecule has 0 fully saturated rings. The van der Waals surface area contributed by atoms with Crippen molar-refractivity contribution in [3.05, 3.63) is 90.8 Å². The van der Waals surface area contributed by atoms with Gasteiger partial charge in [0.05, 0.1) is 12.9 Å². The Labute approximate surface area is 203 Å². The smallest absolute Gasteiger partial charge is 0.237 e. The lowest BCUT2D eigenvalue weighted by Crippen LogP contribution is -2.28. The first-order valence-corrected chi connectivity index (χ1v) is 11.8. The molecule has 4 aromatic rings. The van der Waals surface area contributed by atoms with Gasteiger partial charge in [-0.3, -0.25) is 9.36 Å². The summed E-state index contributed by atoms with van der Waals surface area (Å²) < 4.78 is 13.3. The number of hydrogen-bond donors (Lipinski definition) is 0. The average Bonchev–Trinajstić information content (AvgIpc) is 3.32. The lowest BCUT2D eigenvalue weighted by molar-refractivity contribution is -0.115. The molecule has 0 bridgehead atoms. The van der Waals surface area contributed by atoms with E-state index in [0.29, 0.717) is 16.7 Å². The van der Waals surface area contributed by atoms with Crippen molar-refractivity contribution < 1.29 is 14.3 Å². The predicted octanol–water partition coefficient (Wildman–Crippen LogP) is 5.17. The summed E-state index contributed by atoms with van der Waals surface area (Å²) in [6.07, 6.45) is -0.377. The Balaban J connectivity index is 1.55. The summed E-state index contributed by atoms with van der Waals surface area (Å²) in [5.41, 5.74) is 1.75. The number of aromatic nitrogens is 3. The first-order valence-electron chi connectivity index (χ1n) is 10.8. The van der Waals surface area contributed by atoms with Gasteiger partial charge in [0.25, 0.3) is 0 Å². The second kappa shape index (κ2) is 10.9. The van der Waals surface area contributed by atoms with Crippen molar-refractivity contribution in [2.45, 2.75) is 18.2 Å². The topological polar surface area (TPSA) is 69.5 Å². The van der Waals surface area contributed by atoms with Crippen LogP contribution in [0.4, 0.5) is 5.69 Å². The third-order valence-corrected chi connectivity index (χ3v) is 6.16. The van der Waals surface area contributed by atoms with Gasteiger partial charge in [0.1, 0.15) is 11.5 Å². The molecule has 0 spiro atoms. The second-order valence-corrected chi connectivity index (χ2v) is 8.47. The van der Waals surface area contributed by atoms with Crippen LogP contribution in [-0.2, 0) is 4.79 Å². The highest BCUT2D eigenvalue weighted by molar-refractivity contribution is 7.99. The number of ether oxygens (including phenoxy) is 2. The highest BCUT2D eigenvalue weighted by Crippen LogP contribution is 2.29. The van der Waals surface area contributed by atoms with E-state index in [1.165, 1.54) is 11.8 Å². The molecule has 8 heteroatoms. The van der Waals surface area contributed by atoms with Crippen LogP contribution in [0.2, 0.25) is 0 Å². The lowest BCUT2D eigenvalue weighted by atomic mass is 10.3. The van der Waals surface area contributed by atoms with Crippen LogP contribution in [0, 0.1) is 0 Å². The zero-order valence-electron chi connectivity index (χ0n) is 19.3. The molecule has 0 saturated heterocycles. The summed E-state index contributed by atoms with van der Waals surface area (Å²) in [5.74, 6) is 2.31. The van der Waals surface area contributed by atoms with Gasteiger partial charge in [-0.05, 0) is 55.5 Å². The fraction of sp³-hybridized carbons (Fsp3) is 0.192. The Morgan fingerprint density at radius 1 is 0.941 bits per heavy atom. The fourth-order valence-corrected chi connectivity index (χ4v) is 4.26. The molecule has 34 heavy (non-hydrogen) atoms. The Morgan fingerprint density at radius 3 is 2.21 bits per heavy atom. The maximum Gasteiger partial charge on any atom is 0.237 e. The van der Waals surface area contributed by atoms with Crippen molar-refractivity contribution >= 4 is 23.4 Å². The number of amides is 1. The third-order valence-electron chi connectivity index (χ3n) is 5.25. The van der Waals surface area contributed by atoms with Gasteiger partial charge < -0.3 is 14.4 Å². The fourth-order valence-electron chi connectivity index (χ4n) is 3.39. The molecule has 0 radical (unpaired) electrons. The first-order chi connectivity index (χ1) is 16.6. The van der Waals surface area contributed by atoms with Crippen molar-refractivity contribution in [2.24, 2.45) is 0 Å². The first kappa shape index (κ1) is 23.4. The van der Waals surface area contributed by atoms with Gasteiger partial charge in [-0.15, -0.1) is 10.2 Å². The van der Waals surface area contributed by atoms with Gasteiger partial charge in [-0.1, -0.05) is 48.2 Å². The van der Waals surface area contributed by atoms with Gasteiger partial charge in [0.15, 0.2) is 17.1 Å². The van der Waals surface area contributed by atoms with E-state index < -0.39 is 0 Å². The van der Waals surface area contributed by atoms with E-state index >= 15 is 0 Å². The molecular formula is C26H26N4O3S. The maximum atomic E-state index is 12.8. The zero-order chi connectivity index (χ0) is 23.9. The summed E-state index contributed by atoms with van der Waals surface area (Å²) in [5, 5.41) is 9.44. The highest BCUT2D eigenvalue weighted by Gasteiger charge is 2.22. The average molecular weight is 475 g/mol. The Morgan fingerprint density at radius 2 is 1.56 bits per heavy atom. The number of nitrogens with zero attached hydrogens (tertiary/aromatic N) is 4. The molecule has 1 atom stereocenters. The summed E-state index contributed by atoms with van der Waals surface area (Å²) in [6.45, 7) is 1.93. The number of rotatable bonds is 9. The normalized spacial score (nSPS) is 11.6. The van der Waals surface area contributed by atoms with E-state index in [9.17, 15) is 4.79 Å². The van der Waals surface area contributed by atoms with Crippen molar-refractivity contribution in [1.29, 1.82) is 0 Å². The minimum atomic E-state index is -0.377. The number of benzene rings is 3. The van der Waals surface area contributed by atoms with Crippen molar-refractivity contribution in [3.8, 4) is 17.2 Å². The van der Waals surface area contributed by atoms with Crippen molar-refractivity contribution in [2.75, 3.05) is 24.8 Å². The summed E-state index contributed by atoms with van der Waals surface area (Å²) >= 11 is 1.35. The molecule has 3 aromatic carbocycles. The summed E-state index contributed by atoms with van der Waals surface area (Å²) in [4.78, 5) is 14.5. The number of methoxy groups -OCH3 is 1. The summed E-state index contributed by atoms with van der Waals surface area (Å²) in [6, 6.07) is 26.8. The van der Waals surface area contributed by atoms with Gasteiger partial charge in [-0.2, -0.15) is 0 Å². The second-order valence-electron chi connectivity index (χ2n) is 7.52. The van der Waals surface area contributed by atoms with E-state index in [2.05, 4.69) is 10.2 Å². The van der Waals surface area contributed by atoms with Crippen molar-refractivity contribution in [1.82, 2.24) is 14.8 Å². The molecule has 1 amide bonds.